The number of carbonyl (C=O) groups is 1. The lowest BCUT2D eigenvalue weighted by atomic mass is 9.82. The maximum Gasteiger partial charge on any atom is 0.266 e. The summed E-state index contributed by atoms with van der Waals surface area (Å²) in [6, 6.07) is 18.0. The van der Waals surface area contributed by atoms with Crippen LogP contribution in [0.1, 0.15) is 33.3 Å². The summed E-state index contributed by atoms with van der Waals surface area (Å²) < 4.78 is 13.1. The van der Waals surface area contributed by atoms with E-state index >= 15 is 0 Å². The van der Waals surface area contributed by atoms with Crippen LogP contribution in [-0.2, 0) is 4.79 Å². The van der Waals surface area contributed by atoms with Gasteiger partial charge in [-0.2, -0.15) is 0 Å². The second-order valence-electron chi connectivity index (χ2n) is 6.74. The zero-order valence-electron chi connectivity index (χ0n) is 17.4. The van der Waals surface area contributed by atoms with Crippen LogP contribution in [0.15, 0.2) is 60.7 Å². The fraction of sp³-hybridized carbons (Fsp3) is 0.348. The highest BCUT2D eigenvalue weighted by atomic mass is 19.1. The van der Waals surface area contributed by atoms with E-state index in [4.69, 9.17) is 5.21 Å². The lowest BCUT2D eigenvalue weighted by Gasteiger charge is -2.39. The largest absolute Gasteiger partial charge is 0.385 e. The molecule has 2 rings (SSSR count). The van der Waals surface area contributed by atoms with Crippen LogP contribution in [0, 0.1) is 0 Å². The Labute approximate surface area is 172 Å². The van der Waals surface area contributed by atoms with E-state index in [2.05, 4.69) is 5.32 Å². The highest BCUT2D eigenvalue weighted by Gasteiger charge is 2.49. The molecule has 0 radical (unpaired) electrons. The second kappa shape index (κ2) is 11.5. The van der Waals surface area contributed by atoms with Crippen LogP contribution < -0.4 is 10.8 Å². The van der Waals surface area contributed by atoms with Gasteiger partial charge in [0.05, 0.1) is 0 Å². The number of rotatable bonds is 8. The third-order valence-electron chi connectivity index (χ3n) is 4.79. The SMILES string of the molecule is CC.C[C@@](O)(CF)[C@](C)(NC/C=C/c1ccc(-c2ccccc2)cc1)C(=O)NO. The van der Waals surface area contributed by atoms with Crippen molar-refractivity contribution in [3.8, 4) is 11.1 Å². The van der Waals surface area contributed by atoms with Gasteiger partial charge in [-0.3, -0.25) is 15.3 Å². The minimum absolute atomic E-state index is 0.195. The first-order valence-corrected chi connectivity index (χ1v) is 9.64. The Morgan fingerprint density at radius 3 is 2.10 bits per heavy atom. The lowest BCUT2D eigenvalue weighted by molar-refractivity contribution is -0.148. The monoisotopic (exact) mass is 402 g/mol. The summed E-state index contributed by atoms with van der Waals surface area (Å²) >= 11 is 0. The molecule has 1 amide bonds. The van der Waals surface area contributed by atoms with Crippen molar-refractivity contribution in [3.05, 3.63) is 66.2 Å². The van der Waals surface area contributed by atoms with Crippen LogP contribution in [0.3, 0.4) is 0 Å². The molecule has 0 heterocycles. The van der Waals surface area contributed by atoms with Crippen molar-refractivity contribution in [1.29, 1.82) is 0 Å². The predicted octanol–water partition coefficient (Wildman–Crippen LogP) is 3.97. The third kappa shape index (κ3) is 6.22. The molecule has 0 fully saturated rings. The van der Waals surface area contributed by atoms with Gasteiger partial charge < -0.3 is 5.11 Å². The minimum atomic E-state index is -1.98. The number of hydroxylamine groups is 1. The van der Waals surface area contributed by atoms with Crippen molar-refractivity contribution in [2.45, 2.75) is 38.8 Å². The first kappa shape index (κ1) is 24.5. The fourth-order valence-corrected chi connectivity index (χ4v) is 2.64. The summed E-state index contributed by atoms with van der Waals surface area (Å²) in [5.41, 5.74) is 0.998. The number of hydrogen-bond acceptors (Lipinski definition) is 4. The van der Waals surface area contributed by atoms with Gasteiger partial charge in [0, 0.05) is 6.54 Å². The molecule has 0 aromatic heterocycles. The first-order valence-electron chi connectivity index (χ1n) is 9.64. The van der Waals surface area contributed by atoms with Crippen LogP contribution in [0.2, 0.25) is 0 Å². The van der Waals surface area contributed by atoms with Gasteiger partial charge in [-0.1, -0.05) is 80.6 Å². The molecule has 2 atom stereocenters. The molecule has 0 saturated carbocycles. The van der Waals surface area contributed by atoms with Gasteiger partial charge in [0.25, 0.3) is 5.91 Å². The average Bonchev–Trinajstić information content (AvgIpc) is 2.78. The predicted molar refractivity (Wildman–Crippen MR) is 115 cm³/mol. The van der Waals surface area contributed by atoms with Crippen LogP contribution in [-0.4, -0.2) is 40.6 Å². The molecule has 0 saturated heterocycles. The Bertz CT molecular complexity index is 776. The summed E-state index contributed by atoms with van der Waals surface area (Å²) in [6.45, 7) is 5.58. The fourth-order valence-electron chi connectivity index (χ4n) is 2.64. The molecule has 4 N–H and O–H groups in total. The average molecular weight is 403 g/mol. The van der Waals surface area contributed by atoms with E-state index in [-0.39, 0.29) is 6.54 Å². The van der Waals surface area contributed by atoms with Crippen molar-refractivity contribution >= 4 is 12.0 Å². The van der Waals surface area contributed by atoms with Gasteiger partial charge in [0.1, 0.15) is 17.8 Å². The molecule has 6 heteroatoms. The first-order chi connectivity index (χ1) is 13.8. The summed E-state index contributed by atoms with van der Waals surface area (Å²) in [6.07, 6.45) is 3.61. The summed E-state index contributed by atoms with van der Waals surface area (Å²) in [4.78, 5) is 11.9. The lowest BCUT2D eigenvalue weighted by Crippen LogP contribution is -2.68. The van der Waals surface area contributed by atoms with Gasteiger partial charge in [-0.25, -0.2) is 9.87 Å². The van der Waals surface area contributed by atoms with Gasteiger partial charge in [-0.15, -0.1) is 0 Å². The number of nitrogens with one attached hydrogen (secondary N) is 2. The van der Waals surface area contributed by atoms with E-state index < -0.39 is 23.7 Å². The Balaban J connectivity index is 0.00000204. The molecule has 2 aromatic rings. The van der Waals surface area contributed by atoms with Crippen molar-refractivity contribution in [2.24, 2.45) is 0 Å². The Hall–Kier alpha value is -2.54. The third-order valence-corrected chi connectivity index (χ3v) is 4.79. The second-order valence-corrected chi connectivity index (χ2v) is 6.74. The molecule has 2 aromatic carbocycles. The number of halogens is 1. The molecule has 0 aliphatic rings. The molecular weight excluding hydrogens is 371 g/mol. The number of aliphatic hydroxyl groups is 1. The normalized spacial score (nSPS) is 15.0. The molecular formula is C23H31FN2O3. The molecule has 0 bridgehead atoms. The minimum Gasteiger partial charge on any atom is -0.385 e. The highest BCUT2D eigenvalue weighted by Crippen LogP contribution is 2.23. The quantitative estimate of drug-likeness (QED) is 0.398. The number of benzene rings is 2. The van der Waals surface area contributed by atoms with Crippen molar-refractivity contribution in [3.63, 3.8) is 0 Å². The van der Waals surface area contributed by atoms with Gasteiger partial charge in [0.2, 0.25) is 0 Å². The molecule has 5 nitrogen and oxygen atoms in total. The van der Waals surface area contributed by atoms with Crippen LogP contribution in [0.5, 0.6) is 0 Å². The van der Waals surface area contributed by atoms with E-state index in [0.717, 1.165) is 16.7 Å². The highest BCUT2D eigenvalue weighted by molar-refractivity contribution is 5.86. The maximum absolute atomic E-state index is 13.1. The molecule has 29 heavy (non-hydrogen) atoms. The molecule has 0 aliphatic heterocycles. The van der Waals surface area contributed by atoms with E-state index in [1.165, 1.54) is 19.3 Å². The number of carbonyl (C=O) groups excluding carboxylic acids is 1. The maximum atomic E-state index is 13.1. The van der Waals surface area contributed by atoms with E-state index in [1.807, 2.05) is 74.5 Å². The van der Waals surface area contributed by atoms with E-state index in [9.17, 15) is 14.3 Å². The Morgan fingerprint density at radius 1 is 1.03 bits per heavy atom. The van der Waals surface area contributed by atoms with Crippen molar-refractivity contribution < 1.29 is 19.5 Å². The summed E-state index contributed by atoms with van der Waals surface area (Å²) in [5, 5.41) is 21.9. The van der Waals surface area contributed by atoms with Gasteiger partial charge in [0.15, 0.2) is 0 Å². The number of amides is 1. The Morgan fingerprint density at radius 2 is 1.59 bits per heavy atom. The standard InChI is InChI=1S/C21H25FN2O3.C2H6/c1-20(26,15-22)21(2,19(25)24-27)23-14-6-7-16-10-12-18(13-11-16)17-8-4-3-5-9-17;1-2/h3-13,23,26-27H,14-15H2,1-2H3,(H,24,25);1-2H3/b7-6+;/t20-,21-;/m1./s1. The number of hydrogen-bond donors (Lipinski definition) is 4. The van der Waals surface area contributed by atoms with Gasteiger partial charge >= 0.3 is 0 Å². The van der Waals surface area contributed by atoms with Crippen molar-refractivity contribution in [2.75, 3.05) is 13.2 Å². The topological polar surface area (TPSA) is 81.6 Å². The summed E-state index contributed by atoms with van der Waals surface area (Å²) in [5.74, 6) is -0.911. The van der Waals surface area contributed by atoms with Crippen LogP contribution >= 0.6 is 0 Å². The molecule has 0 unspecified atom stereocenters. The molecule has 0 aliphatic carbocycles. The zero-order chi connectivity index (χ0) is 21.9. The van der Waals surface area contributed by atoms with Crippen LogP contribution in [0.25, 0.3) is 17.2 Å². The van der Waals surface area contributed by atoms with Crippen LogP contribution in [0.4, 0.5) is 4.39 Å². The molecule has 158 valence electrons. The van der Waals surface area contributed by atoms with Gasteiger partial charge in [-0.05, 0) is 30.5 Å². The van der Waals surface area contributed by atoms with E-state index in [0.29, 0.717) is 0 Å². The Kier molecular flexibility index (Phi) is 9.68. The smallest absolute Gasteiger partial charge is 0.266 e. The van der Waals surface area contributed by atoms with E-state index in [1.54, 1.807) is 6.08 Å². The molecule has 0 spiro atoms. The summed E-state index contributed by atoms with van der Waals surface area (Å²) in [7, 11) is 0. The van der Waals surface area contributed by atoms with Crippen molar-refractivity contribution in [1.82, 2.24) is 10.8 Å². The zero-order valence-corrected chi connectivity index (χ0v) is 17.4. The number of alkyl halides is 1.